The summed E-state index contributed by atoms with van der Waals surface area (Å²) in [6.07, 6.45) is 0. The monoisotopic (exact) mass is 393 g/mol. The molecular weight excluding hydrogens is 369 g/mol. The van der Waals surface area contributed by atoms with Gasteiger partial charge >= 0.3 is 5.97 Å². The van der Waals surface area contributed by atoms with E-state index in [9.17, 15) is 9.18 Å². The Bertz CT molecular complexity index is 1050. The fourth-order valence-corrected chi connectivity index (χ4v) is 3.39. The van der Waals surface area contributed by atoms with E-state index >= 15 is 0 Å². The van der Waals surface area contributed by atoms with Crippen molar-refractivity contribution >= 4 is 11.7 Å². The predicted octanol–water partition coefficient (Wildman–Crippen LogP) is 5.49. The molecule has 0 heterocycles. The van der Waals surface area contributed by atoms with Gasteiger partial charge in [0, 0.05) is 17.8 Å². The molecule has 150 valence electrons. The van der Waals surface area contributed by atoms with E-state index in [-0.39, 0.29) is 12.4 Å². The van der Waals surface area contributed by atoms with Gasteiger partial charge in [-0.05, 0) is 67.3 Å². The van der Waals surface area contributed by atoms with Crippen LogP contribution in [0.1, 0.15) is 22.3 Å². The lowest BCUT2D eigenvalue weighted by molar-refractivity contribution is -0.139. The summed E-state index contributed by atoms with van der Waals surface area (Å²) in [5, 5.41) is 12.3. The molecule has 0 saturated carbocycles. The summed E-state index contributed by atoms with van der Waals surface area (Å²) in [6, 6.07) is 16.4. The van der Waals surface area contributed by atoms with Gasteiger partial charge in [-0.3, -0.25) is 0 Å². The molecule has 0 fully saturated rings. The van der Waals surface area contributed by atoms with E-state index in [0.29, 0.717) is 12.3 Å². The maximum atomic E-state index is 13.6. The molecule has 3 aromatic carbocycles. The molecule has 0 atom stereocenters. The number of anilines is 1. The molecule has 0 unspecified atom stereocenters. The third-order valence-corrected chi connectivity index (χ3v) is 4.74. The Labute approximate surface area is 170 Å². The van der Waals surface area contributed by atoms with Gasteiger partial charge < -0.3 is 15.2 Å². The number of halogens is 1. The fraction of sp³-hybridized carbons (Fsp3) is 0.208. The number of rotatable bonds is 7. The van der Waals surface area contributed by atoms with Gasteiger partial charge in [0.2, 0.25) is 0 Å². The third kappa shape index (κ3) is 5.13. The summed E-state index contributed by atoms with van der Waals surface area (Å²) in [7, 11) is 0. The zero-order chi connectivity index (χ0) is 21.0. The first kappa shape index (κ1) is 20.4. The average molecular weight is 393 g/mol. The first-order valence-electron chi connectivity index (χ1n) is 9.38. The lowest BCUT2D eigenvalue weighted by Crippen LogP contribution is -2.11. The molecule has 4 nitrogen and oxygen atoms in total. The Kier molecular flexibility index (Phi) is 6.17. The standard InChI is InChI=1S/C24H24FNO3/c1-15-9-18(11-20(10-15)19-5-4-6-21(25)12-19)13-26-24-16(2)7-8-22(17(24)3)29-14-23(27)28/h4-12,26H,13-14H2,1-3H3,(H,27,28). The van der Waals surface area contributed by atoms with Crippen LogP contribution in [0, 0.1) is 26.6 Å². The molecule has 3 aromatic rings. The average Bonchev–Trinajstić information content (AvgIpc) is 2.66. The summed E-state index contributed by atoms with van der Waals surface area (Å²) in [6.45, 7) is 6.11. The van der Waals surface area contributed by atoms with Crippen LogP contribution >= 0.6 is 0 Å². The normalized spacial score (nSPS) is 10.6. The Balaban J connectivity index is 1.83. The molecule has 0 amide bonds. The van der Waals surface area contributed by atoms with E-state index in [1.807, 2.05) is 45.0 Å². The highest BCUT2D eigenvalue weighted by molar-refractivity contribution is 5.69. The minimum atomic E-state index is -1.01. The quantitative estimate of drug-likeness (QED) is 0.557. The maximum absolute atomic E-state index is 13.6. The third-order valence-electron chi connectivity index (χ3n) is 4.74. The van der Waals surface area contributed by atoms with Gasteiger partial charge in [0.1, 0.15) is 11.6 Å². The van der Waals surface area contributed by atoms with Crippen LogP contribution in [0.4, 0.5) is 10.1 Å². The number of hydrogen-bond acceptors (Lipinski definition) is 3. The molecule has 0 radical (unpaired) electrons. The van der Waals surface area contributed by atoms with Crippen LogP contribution in [0.2, 0.25) is 0 Å². The van der Waals surface area contributed by atoms with E-state index in [1.54, 1.807) is 12.1 Å². The Morgan fingerprint density at radius 3 is 2.55 bits per heavy atom. The van der Waals surface area contributed by atoms with E-state index in [4.69, 9.17) is 9.84 Å². The number of carboxylic acid groups (broad SMARTS) is 1. The minimum Gasteiger partial charge on any atom is -0.482 e. The van der Waals surface area contributed by atoms with Gasteiger partial charge in [-0.1, -0.05) is 35.9 Å². The van der Waals surface area contributed by atoms with Crippen LogP contribution in [0.5, 0.6) is 5.75 Å². The summed E-state index contributed by atoms with van der Waals surface area (Å²) < 4.78 is 19.0. The SMILES string of the molecule is Cc1cc(CNc2c(C)ccc(OCC(=O)O)c2C)cc(-c2cccc(F)c2)c1. The topological polar surface area (TPSA) is 58.6 Å². The molecule has 2 N–H and O–H groups in total. The van der Waals surface area contributed by atoms with Crippen LogP contribution in [-0.2, 0) is 11.3 Å². The van der Waals surface area contributed by atoms with Crippen molar-refractivity contribution in [1.29, 1.82) is 0 Å². The second-order valence-electron chi connectivity index (χ2n) is 7.13. The van der Waals surface area contributed by atoms with E-state index in [0.717, 1.165) is 39.1 Å². The summed E-state index contributed by atoms with van der Waals surface area (Å²) in [5.41, 5.74) is 6.80. The largest absolute Gasteiger partial charge is 0.482 e. The number of carbonyl (C=O) groups is 1. The van der Waals surface area contributed by atoms with Crippen molar-refractivity contribution in [3.63, 3.8) is 0 Å². The number of aryl methyl sites for hydroxylation is 2. The Hall–Kier alpha value is -3.34. The molecule has 0 aliphatic heterocycles. The Morgan fingerprint density at radius 2 is 1.83 bits per heavy atom. The summed E-state index contributed by atoms with van der Waals surface area (Å²) in [5.74, 6) is -0.720. The molecule has 0 aliphatic rings. The van der Waals surface area contributed by atoms with Crippen molar-refractivity contribution in [1.82, 2.24) is 0 Å². The van der Waals surface area contributed by atoms with Gasteiger partial charge in [-0.15, -0.1) is 0 Å². The Morgan fingerprint density at radius 1 is 1.03 bits per heavy atom. The molecule has 0 spiro atoms. The van der Waals surface area contributed by atoms with Crippen molar-refractivity contribution in [2.75, 3.05) is 11.9 Å². The minimum absolute atomic E-state index is 0.256. The summed E-state index contributed by atoms with van der Waals surface area (Å²) >= 11 is 0. The van der Waals surface area contributed by atoms with Crippen molar-refractivity contribution in [2.24, 2.45) is 0 Å². The van der Waals surface area contributed by atoms with Crippen molar-refractivity contribution in [2.45, 2.75) is 27.3 Å². The number of nitrogens with one attached hydrogen (secondary N) is 1. The van der Waals surface area contributed by atoms with Crippen LogP contribution in [0.25, 0.3) is 11.1 Å². The van der Waals surface area contributed by atoms with Crippen molar-refractivity contribution < 1.29 is 19.0 Å². The van der Waals surface area contributed by atoms with Crippen molar-refractivity contribution in [3.05, 3.63) is 82.7 Å². The summed E-state index contributed by atoms with van der Waals surface area (Å²) in [4.78, 5) is 10.8. The van der Waals surface area contributed by atoms with Crippen molar-refractivity contribution in [3.8, 4) is 16.9 Å². The van der Waals surface area contributed by atoms with Gasteiger partial charge in [0.05, 0.1) is 0 Å². The smallest absolute Gasteiger partial charge is 0.341 e. The van der Waals surface area contributed by atoms with E-state index < -0.39 is 5.97 Å². The fourth-order valence-electron chi connectivity index (χ4n) is 3.39. The van der Waals surface area contributed by atoms with E-state index in [1.165, 1.54) is 12.1 Å². The predicted molar refractivity (Wildman–Crippen MR) is 113 cm³/mol. The second kappa shape index (κ2) is 8.78. The highest BCUT2D eigenvalue weighted by Crippen LogP contribution is 2.30. The van der Waals surface area contributed by atoms with Gasteiger partial charge in [-0.25, -0.2) is 9.18 Å². The zero-order valence-corrected chi connectivity index (χ0v) is 16.8. The number of carboxylic acids is 1. The lowest BCUT2D eigenvalue weighted by Gasteiger charge is -2.17. The number of benzene rings is 3. The van der Waals surface area contributed by atoms with Gasteiger partial charge in [0.15, 0.2) is 6.61 Å². The van der Waals surface area contributed by atoms with Gasteiger partial charge in [-0.2, -0.15) is 0 Å². The van der Waals surface area contributed by atoms with Crippen LogP contribution in [0.3, 0.4) is 0 Å². The molecular formula is C24H24FNO3. The first-order chi connectivity index (χ1) is 13.8. The highest BCUT2D eigenvalue weighted by atomic mass is 19.1. The maximum Gasteiger partial charge on any atom is 0.341 e. The highest BCUT2D eigenvalue weighted by Gasteiger charge is 2.11. The van der Waals surface area contributed by atoms with Crippen LogP contribution in [0.15, 0.2) is 54.6 Å². The van der Waals surface area contributed by atoms with Crippen LogP contribution < -0.4 is 10.1 Å². The first-order valence-corrected chi connectivity index (χ1v) is 9.38. The molecule has 0 aliphatic carbocycles. The molecule has 3 rings (SSSR count). The van der Waals surface area contributed by atoms with Crippen LogP contribution in [-0.4, -0.2) is 17.7 Å². The molecule has 0 aromatic heterocycles. The molecule has 0 saturated heterocycles. The lowest BCUT2D eigenvalue weighted by atomic mass is 10.00. The van der Waals surface area contributed by atoms with Gasteiger partial charge in [0.25, 0.3) is 0 Å². The molecule has 29 heavy (non-hydrogen) atoms. The molecule has 5 heteroatoms. The zero-order valence-electron chi connectivity index (χ0n) is 16.8. The number of aliphatic carboxylic acids is 1. The number of hydrogen-bond donors (Lipinski definition) is 2. The van der Waals surface area contributed by atoms with E-state index in [2.05, 4.69) is 11.4 Å². The molecule has 0 bridgehead atoms. The number of ether oxygens (including phenoxy) is 1. The second-order valence-corrected chi connectivity index (χ2v) is 7.13.